The van der Waals surface area contributed by atoms with Crippen molar-refractivity contribution in [3.63, 3.8) is 0 Å². The highest BCUT2D eigenvalue weighted by molar-refractivity contribution is 5.97. The second-order valence-corrected chi connectivity index (χ2v) is 4.37. The summed E-state index contributed by atoms with van der Waals surface area (Å²) in [4.78, 5) is 14.2. The average molecular weight is 262 g/mol. The monoisotopic (exact) mass is 262 g/mol. The molecule has 102 valence electrons. The third-order valence-corrected chi connectivity index (χ3v) is 3.07. The van der Waals surface area contributed by atoms with Crippen LogP contribution in [0.3, 0.4) is 0 Å². The lowest BCUT2D eigenvalue weighted by atomic mass is 10.2. The molecule has 0 saturated heterocycles. The van der Waals surface area contributed by atoms with Crippen molar-refractivity contribution in [2.75, 3.05) is 12.3 Å². The van der Waals surface area contributed by atoms with Crippen LogP contribution >= 0.6 is 0 Å². The van der Waals surface area contributed by atoms with Crippen molar-refractivity contribution in [1.82, 2.24) is 14.7 Å². The van der Waals surface area contributed by atoms with E-state index in [1.807, 2.05) is 13.0 Å². The lowest BCUT2D eigenvalue weighted by Gasteiger charge is -2.19. The number of hydrogen-bond acceptors (Lipinski definition) is 4. The Morgan fingerprint density at radius 3 is 2.79 bits per heavy atom. The normalized spacial score (nSPS) is 10.7. The van der Waals surface area contributed by atoms with Crippen molar-refractivity contribution < 1.29 is 9.21 Å². The SMILES string of the molecule is CCN(Cc1ccco1)C(=O)c1c(N)c(C)nn1C. The summed E-state index contributed by atoms with van der Waals surface area (Å²) in [5, 5.41) is 4.17. The van der Waals surface area contributed by atoms with Crippen molar-refractivity contribution in [3.05, 3.63) is 35.5 Å². The van der Waals surface area contributed by atoms with E-state index in [2.05, 4.69) is 5.10 Å². The summed E-state index contributed by atoms with van der Waals surface area (Å²) < 4.78 is 6.80. The number of carbonyl (C=O) groups is 1. The van der Waals surface area contributed by atoms with Crippen LogP contribution in [0.4, 0.5) is 5.69 Å². The van der Waals surface area contributed by atoms with Crippen LogP contribution in [0.25, 0.3) is 0 Å². The number of nitrogens with zero attached hydrogens (tertiary/aromatic N) is 3. The Bertz CT molecular complexity index is 572. The fourth-order valence-electron chi connectivity index (χ4n) is 2.00. The molecule has 1 amide bonds. The molecule has 0 spiro atoms. The zero-order chi connectivity index (χ0) is 14.0. The van der Waals surface area contributed by atoms with Crippen LogP contribution in [0.5, 0.6) is 0 Å². The lowest BCUT2D eigenvalue weighted by molar-refractivity contribution is 0.0731. The van der Waals surface area contributed by atoms with E-state index in [0.29, 0.717) is 30.2 Å². The van der Waals surface area contributed by atoms with Gasteiger partial charge in [-0.1, -0.05) is 0 Å². The Morgan fingerprint density at radius 1 is 1.58 bits per heavy atom. The minimum absolute atomic E-state index is 0.139. The van der Waals surface area contributed by atoms with Gasteiger partial charge in [0.25, 0.3) is 5.91 Å². The van der Waals surface area contributed by atoms with Gasteiger partial charge in [0.15, 0.2) is 0 Å². The molecule has 0 bridgehead atoms. The van der Waals surface area contributed by atoms with Crippen molar-refractivity contribution in [2.24, 2.45) is 7.05 Å². The Morgan fingerprint density at radius 2 is 2.32 bits per heavy atom. The zero-order valence-electron chi connectivity index (χ0n) is 11.4. The van der Waals surface area contributed by atoms with Crippen LogP contribution in [0.2, 0.25) is 0 Å². The van der Waals surface area contributed by atoms with Gasteiger partial charge >= 0.3 is 0 Å². The molecule has 2 rings (SSSR count). The molecule has 0 saturated carbocycles. The van der Waals surface area contributed by atoms with Gasteiger partial charge in [-0.3, -0.25) is 9.48 Å². The number of aromatic nitrogens is 2. The van der Waals surface area contributed by atoms with Gasteiger partial charge < -0.3 is 15.1 Å². The maximum Gasteiger partial charge on any atom is 0.274 e. The minimum Gasteiger partial charge on any atom is -0.467 e. The van der Waals surface area contributed by atoms with Crippen LogP contribution in [0, 0.1) is 6.92 Å². The molecule has 0 radical (unpaired) electrons. The number of rotatable bonds is 4. The van der Waals surface area contributed by atoms with Gasteiger partial charge in [0.1, 0.15) is 11.5 Å². The smallest absolute Gasteiger partial charge is 0.274 e. The second kappa shape index (κ2) is 5.17. The molecule has 0 aromatic carbocycles. The number of aryl methyl sites for hydroxylation is 2. The van der Waals surface area contributed by atoms with Gasteiger partial charge in [0.05, 0.1) is 24.2 Å². The second-order valence-electron chi connectivity index (χ2n) is 4.37. The van der Waals surface area contributed by atoms with Gasteiger partial charge in [-0.15, -0.1) is 0 Å². The number of carbonyl (C=O) groups excluding carboxylic acids is 1. The molecule has 2 aromatic rings. The lowest BCUT2D eigenvalue weighted by Crippen LogP contribution is -2.32. The van der Waals surface area contributed by atoms with Crippen LogP contribution < -0.4 is 5.73 Å². The van der Waals surface area contributed by atoms with E-state index in [0.717, 1.165) is 5.76 Å². The standard InChI is InChI=1S/C13H18N4O2/c1-4-17(8-10-6-5-7-19-10)13(18)12-11(14)9(2)15-16(12)3/h5-7H,4,8,14H2,1-3H3. The maximum atomic E-state index is 12.5. The quantitative estimate of drug-likeness (QED) is 0.907. The highest BCUT2D eigenvalue weighted by Crippen LogP contribution is 2.18. The fraction of sp³-hybridized carbons (Fsp3) is 0.385. The number of nitrogen functional groups attached to an aromatic ring is 1. The third kappa shape index (κ3) is 2.47. The highest BCUT2D eigenvalue weighted by Gasteiger charge is 2.23. The topological polar surface area (TPSA) is 77.3 Å². The van der Waals surface area contributed by atoms with Gasteiger partial charge in [-0.05, 0) is 26.0 Å². The Hall–Kier alpha value is -2.24. The van der Waals surface area contributed by atoms with Crippen LogP contribution in [-0.2, 0) is 13.6 Å². The Labute approximate surface area is 111 Å². The average Bonchev–Trinajstić information content (AvgIpc) is 2.96. The molecule has 6 heteroatoms. The summed E-state index contributed by atoms with van der Waals surface area (Å²) in [6, 6.07) is 3.64. The molecule has 2 aromatic heterocycles. The number of furan rings is 1. The molecular formula is C13H18N4O2. The summed E-state index contributed by atoms with van der Waals surface area (Å²) in [5.74, 6) is 0.604. The van der Waals surface area contributed by atoms with Crippen molar-refractivity contribution in [2.45, 2.75) is 20.4 Å². The number of nitrogens with two attached hydrogens (primary N) is 1. The van der Waals surface area contributed by atoms with Gasteiger partial charge in [-0.2, -0.15) is 5.10 Å². The van der Waals surface area contributed by atoms with Gasteiger partial charge in [0.2, 0.25) is 0 Å². The highest BCUT2D eigenvalue weighted by atomic mass is 16.3. The molecule has 0 aliphatic rings. The van der Waals surface area contributed by atoms with E-state index >= 15 is 0 Å². The van der Waals surface area contributed by atoms with Crippen LogP contribution in [-0.4, -0.2) is 27.1 Å². The van der Waals surface area contributed by atoms with Crippen molar-refractivity contribution in [3.8, 4) is 0 Å². The van der Waals surface area contributed by atoms with Crippen LogP contribution in [0.1, 0.15) is 28.9 Å². The molecular weight excluding hydrogens is 244 g/mol. The first-order valence-corrected chi connectivity index (χ1v) is 6.15. The zero-order valence-corrected chi connectivity index (χ0v) is 11.4. The molecule has 6 nitrogen and oxygen atoms in total. The Balaban J connectivity index is 2.25. The van der Waals surface area contributed by atoms with E-state index in [1.165, 1.54) is 4.68 Å². The first kappa shape index (κ1) is 13.2. The molecule has 0 aliphatic heterocycles. The number of hydrogen-bond donors (Lipinski definition) is 1. The molecule has 0 fully saturated rings. The van der Waals surface area contributed by atoms with E-state index in [4.69, 9.17) is 10.2 Å². The summed E-state index contributed by atoms with van der Waals surface area (Å²) in [7, 11) is 1.72. The molecule has 0 unspecified atom stereocenters. The molecule has 0 atom stereocenters. The third-order valence-electron chi connectivity index (χ3n) is 3.07. The van der Waals surface area contributed by atoms with E-state index in [1.54, 1.807) is 31.2 Å². The van der Waals surface area contributed by atoms with Gasteiger partial charge in [-0.25, -0.2) is 0 Å². The first-order chi connectivity index (χ1) is 9.04. The molecule has 2 N–H and O–H groups in total. The maximum absolute atomic E-state index is 12.5. The summed E-state index contributed by atoms with van der Waals surface area (Å²) in [6.45, 7) is 4.70. The predicted octanol–water partition coefficient (Wildman–Crippen LogP) is 1.57. The van der Waals surface area contributed by atoms with E-state index in [9.17, 15) is 4.79 Å². The van der Waals surface area contributed by atoms with Crippen molar-refractivity contribution in [1.29, 1.82) is 0 Å². The minimum atomic E-state index is -0.139. The fourth-order valence-corrected chi connectivity index (χ4v) is 2.00. The molecule has 2 heterocycles. The summed E-state index contributed by atoms with van der Waals surface area (Å²) >= 11 is 0. The Kier molecular flexibility index (Phi) is 3.59. The van der Waals surface area contributed by atoms with Gasteiger partial charge in [0, 0.05) is 13.6 Å². The van der Waals surface area contributed by atoms with Crippen LogP contribution in [0.15, 0.2) is 22.8 Å². The predicted molar refractivity (Wildman–Crippen MR) is 71.5 cm³/mol. The summed E-state index contributed by atoms with van der Waals surface area (Å²) in [5.41, 5.74) is 7.44. The number of anilines is 1. The van der Waals surface area contributed by atoms with Crippen molar-refractivity contribution >= 4 is 11.6 Å². The number of amides is 1. The molecule has 0 aliphatic carbocycles. The van der Waals surface area contributed by atoms with E-state index < -0.39 is 0 Å². The first-order valence-electron chi connectivity index (χ1n) is 6.15. The molecule has 19 heavy (non-hydrogen) atoms. The largest absolute Gasteiger partial charge is 0.467 e. The summed E-state index contributed by atoms with van der Waals surface area (Å²) in [6.07, 6.45) is 1.59. The van der Waals surface area contributed by atoms with E-state index in [-0.39, 0.29) is 5.91 Å².